The molecule has 2 aromatic rings. The second-order valence-corrected chi connectivity index (χ2v) is 7.36. The number of likely N-dealkylation sites (N-methyl/N-ethyl adjacent to an activating group) is 1. The van der Waals surface area contributed by atoms with Crippen molar-refractivity contribution in [2.45, 2.75) is 47.5 Å². The van der Waals surface area contributed by atoms with E-state index in [0.29, 0.717) is 6.54 Å². The van der Waals surface area contributed by atoms with E-state index in [2.05, 4.69) is 88.2 Å². The van der Waals surface area contributed by atoms with Gasteiger partial charge in [-0.3, -0.25) is 4.79 Å². The van der Waals surface area contributed by atoms with Gasteiger partial charge in [0.2, 0.25) is 5.91 Å². The summed E-state index contributed by atoms with van der Waals surface area (Å²) < 4.78 is 0. The first-order valence-electron chi connectivity index (χ1n) is 10.0. The lowest BCUT2D eigenvalue weighted by atomic mass is 9.81. The van der Waals surface area contributed by atoms with Crippen LogP contribution in [0.5, 0.6) is 0 Å². The Hall–Kier alpha value is -2.13. The molecule has 0 saturated carbocycles. The predicted octanol–water partition coefficient (Wildman–Crippen LogP) is 4.51. The van der Waals surface area contributed by atoms with E-state index in [1.54, 1.807) is 0 Å². The van der Waals surface area contributed by atoms with Crippen LogP contribution in [-0.2, 0) is 4.79 Å². The van der Waals surface area contributed by atoms with E-state index >= 15 is 0 Å². The lowest BCUT2D eigenvalue weighted by Crippen LogP contribution is -2.38. The zero-order valence-corrected chi connectivity index (χ0v) is 17.7. The van der Waals surface area contributed by atoms with Crippen molar-refractivity contribution in [1.29, 1.82) is 0 Å². The monoisotopic (exact) mass is 366 g/mol. The Labute approximate surface area is 164 Å². The summed E-state index contributed by atoms with van der Waals surface area (Å²) in [6.07, 6.45) is 0. The van der Waals surface area contributed by atoms with E-state index in [0.717, 1.165) is 30.8 Å². The third-order valence-electron chi connectivity index (χ3n) is 5.55. The Balaban J connectivity index is 2.41. The lowest BCUT2D eigenvalue weighted by molar-refractivity contribution is -0.121. The van der Waals surface area contributed by atoms with Gasteiger partial charge >= 0.3 is 0 Å². The molecule has 0 saturated heterocycles. The number of nitrogens with one attached hydrogen (secondary N) is 1. The van der Waals surface area contributed by atoms with Crippen molar-refractivity contribution in [2.24, 2.45) is 0 Å². The molecule has 3 nitrogen and oxygen atoms in total. The Kier molecular flexibility index (Phi) is 7.61. The molecule has 0 heterocycles. The molecule has 0 bridgehead atoms. The summed E-state index contributed by atoms with van der Waals surface area (Å²) in [6, 6.07) is 12.5. The summed E-state index contributed by atoms with van der Waals surface area (Å²) >= 11 is 0. The van der Waals surface area contributed by atoms with Crippen LogP contribution in [-0.4, -0.2) is 37.0 Å². The van der Waals surface area contributed by atoms with Gasteiger partial charge in [0.1, 0.15) is 0 Å². The summed E-state index contributed by atoms with van der Waals surface area (Å²) in [5.41, 5.74) is 6.94. The van der Waals surface area contributed by atoms with Crippen molar-refractivity contribution in [1.82, 2.24) is 10.2 Å². The van der Waals surface area contributed by atoms with E-state index in [1.807, 2.05) is 0 Å². The number of nitrogens with zero attached hydrogens (tertiary/aromatic N) is 1. The maximum atomic E-state index is 13.4. The van der Waals surface area contributed by atoms with Gasteiger partial charge in [0, 0.05) is 13.1 Å². The summed E-state index contributed by atoms with van der Waals surface area (Å²) in [6.45, 7) is 16.3. The molecule has 27 heavy (non-hydrogen) atoms. The van der Waals surface area contributed by atoms with Gasteiger partial charge in [-0.1, -0.05) is 50.2 Å². The van der Waals surface area contributed by atoms with Crippen LogP contribution in [0.3, 0.4) is 0 Å². The molecule has 0 aliphatic rings. The number of carbonyl (C=O) groups is 1. The van der Waals surface area contributed by atoms with E-state index < -0.39 is 0 Å². The second kappa shape index (κ2) is 9.70. The summed E-state index contributed by atoms with van der Waals surface area (Å²) in [4.78, 5) is 15.7. The fourth-order valence-electron chi connectivity index (χ4n) is 3.95. The fourth-order valence-corrected chi connectivity index (χ4v) is 3.95. The first-order valence-corrected chi connectivity index (χ1v) is 10.0. The Morgan fingerprint density at radius 3 is 1.63 bits per heavy atom. The van der Waals surface area contributed by atoms with Crippen LogP contribution in [0.4, 0.5) is 0 Å². The van der Waals surface area contributed by atoms with E-state index in [-0.39, 0.29) is 11.8 Å². The maximum Gasteiger partial charge on any atom is 0.232 e. The van der Waals surface area contributed by atoms with Gasteiger partial charge in [0.05, 0.1) is 5.92 Å². The highest BCUT2D eigenvalue weighted by Gasteiger charge is 2.28. The van der Waals surface area contributed by atoms with Crippen molar-refractivity contribution in [3.05, 3.63) is 69.8 Å². The van der Waals surface area contributed by atoms with Crippen molar-refractivity contribution >= 4 is 5.91 Å². The maximum absolute atomic E-state index is 13.4. The zero-order valence-electron chi connectivity index (χ0n) is 17.7. The quantitative estimate of drug-likeness (QED) is 0.745. The van der Waals surface area contributed by atoms with Crippen molar-refractivity contribution < 1.29 is 4.79 Å². The van der Waals surface area contributed by atoms with E-state index in [1.165, 1.54) is 22.3 Å². The summed E-state index contributed by atoms with van der Waals surface area (Å²) in [5.74, 6) is -0.180. The van der Waals surface area contributed by atoms with Crippen LogP contribution in [0.15, 0.2) is 36.4 Å². The molecule has 2 aromatic carbocycles. The minimum Gasteiger partial charge on any atom is -0.354 e. The smallest absolute Gasteiger partial charge is 0.232 e. The number of rotatable bonds is 8. The van der Waals surface area contributed by atoms with Gasteiger partial charge in [-0.15, -0.1) is 0 Å². The minimum absolute atomic E-state index is 0.0944. The SMILES string of the molecule is CCN(CC)CCNC(=O)C(c1c(C)cccc1C)c1c(C)cccc1C. The van der Waals surface area contributed by atoms with Crippen LogP contribution in [0.2, 0.25) is 0 Å². The molecular weight excluding hydrogens is 332 g/mol. The predicted molar refractivity (Wildman–Crippen MR) is 114 cm³/mol. The fraction of sp³-hybridized carbons (Fsp3) is 0.458. The number of carbonyl (C=O) groups excluding carboxylic acids is 1. The van der Waals surface area contributed by atoms with Gasteiger partial charge in [-0.2, -0.15) is 0 Å². The molecule has 0 spiro atoms. The molecule has 0 aliphatic carbocycles. The number of aryl methyl sites for hydroxylation is 4. The highest BCUT2D eigenvalue weighted by Crippen LogP contribution is 2.34. The van der Waals surface area contributed by atoms with Crippen molar-refractivity contribution in [3.63, 3.8) is 0 Å². The van der Waals surface area contributed by atoms with Crippen LogP contribution in [0, 0.1) is 27.7 Å². The standard InChI is InChI=1S/C24H34N2O/c1-7-26(8-2)16-15-25-24(27)23(21-17(3)11-9-12-18(21)4)22-19(5)13-10-14-20(22)6/h9-14,23H,7-8,15-16H2,1-6H3,(H,25,27). The van der Waals surface area contributed by atoms with Crippen molar-refractivity contribution in [3.8, 4) is 0 Å². The highest BCUT2D eigenvalue weighted by molar-refractivity contribution is 5.88. The molecule has 1 amide bonds. The molecule has 0 unspecified atom stereocenters. The lowest BCUT2D eigenvalue weighted by Gasteiger charge is -2.25. The third kappa shape index (κ3) is 4.98. The van der Waals surface area contributed by atoms with Gasteiger partial charge in [0.25, 0.3) is 0 Å². The molecular formula is C24H34N2O. The Morgan fingerprint density at radius 1 is 0.852 bits per heavy atom. The van der Waals surface area contributed by atoms with Gasteiger partial charge in [0.15, 0.2) is 0 Å². The van der Waals surface area contributed by atoms with Crippen molar-refractivity contribution in [2.75, 3.05) is 26.2 Å². The van der Waals surface area contributed by atoms with Crippen LogP contribution < -0.4 is 5.32 Å². The van der Waals surface area contributed by atoms with Crippen LogP contribution in [0.25, 0.3) is 0 Å². The third-order valence-corrected chi connectivity index (χ3v) is 5.55. The highest BCUT2D eigenvalue weighted by atomic mass is 16.1. The first kappa shape index (κ1) is 21.2. The zero-order chi connectivity index (χ0) is 20.0. The normalized spacial score (nSPS) is 11.3. The average molecular weight is 367 g/mol. The molecule has 0 fully saturated rings. The number of benzene rings is 2. The number of amides is 1. The van der Waals surface area contributed by atoms with Gasteiger partial charge in [-0.25, -0.2) is 0 Å². The average Bonchev–Trinajstić information content (AvgIpc) is 2.63. The second-order valence-electron chi connectivity index (χ2n) is 7.36. The minimum atomic E-state index is -0.274. The van der Waals surface area contributed by atoms with Crippen LogP contribution >= 0.6 is 0 Å². The molecule has 1 N–H and O–H groups in total. The topological polar surface area (TPSA) is 32.3 Å². The number of hydrogen-bond acceptors (Lipinski definition) is 2. The molecule has 0 aliphatic heterocycles. The molecule has 146 valence electrons. The number of hydrogen-bond donors (Lipinski definition) is 1. The van der Waals surface area contributed by atoms with Gasteiger partial charge in [-0.05, 0) is 74.2 Å². The molecule has 3 heteroatoms. The first-order chi connectivity index (χ1) is 12.9. The molecule has 0 atom stereocenters. The summed E-state index contributed by atoms with van der Waals surface area (Å²) in [5, 5.41) is 3.21. The Morgan fingerprint density at radius 2 is 1.26 bits per heavy atom. The molecule has 0 radical (unpaired) electrons. The van der Waals surface area contributed by atoms with E-state index in [4.69, 9.17) is 0 Å². The van der Waals surface area contributed by atoms with Gasteiger partial charge < -0.3 is 10.2 Å². The largest absolute Gasteiger partial charge is 0.354 e. The van der Waals surface area contributed by atoms with E-state index in [9.17, 15) is 4.79 Å². The molecule has 2 rings (SSSR count). The van der Waals surface area contributed by atoms with Crippen LogP contribution in [0.1, 0.15) is 53.1 Å². The molecule has 0 aromatic heterocycles. The Bertz CT molecular complexity index is 686. The summed E-state index contributed by atoms with van der Waals surface area (Å²) in [7, 11) is 0.